The van der Waals surface area contributed by atoms with Crippen molar-refractivity contribution in [1.29, 1.82) is 0 Å². The molecule has 4 rings (SSSR count). The van der Waals surface area contributed by atoms with Gasteiger partial charge in [0.2, 0.25) is 5.91 Å². The quantitative estimate of drug-likeness (QED) is 0.727. The molecule has 0 saturated carbocycles. The molecule has 0 aliphatic carbocycles. The number of amides is 2. The van der Waals surface area contributed by atoms with Crippen LogP contribution in [0.15, 0.2) is 60.7 Å². The van der Waals surface area contributed by atoms with Crippen LogP contribution >= 0.6 is 0 Å². The fourth-order valence-corrected chi connectivity index (χ4v) is 4.13. The van der Waals surface area contributed by atoms with Gasteiger partial charge in [0.1, 0.15) is 0 Å². The summed E-state index contributed by atoms with van der Waals surface area (Å²) in [7, 11) is 0. The lowest BCUT2D eigenvalue weighted by atomic mass is 9.88. The summed E-state index contributed by atoms with van der Waals surface area (Å²) in [6.07, 6.45) is 1.14. The molecule has 1 fully saturated rings. The lowest BCUT2D eigenvalue weighted by molar-refractivity contribution is -0.119. The Labute approximate surface area is 165 Å². The molecule has 1 aliphatic rings. The minimum Gasteiger partial charge on any atom is -0.349 e. The van der Waals surface area contributed by atoms with E-state index in [1.54, 1.807) is 0 Å². The average Bonchev–Trinajstić information content (AvgIpc) is 3.10. The molecule has 1 aliphatic heterocycles. The molecule has 4 nitrogen and oxygen atoms in total. The molecule has 1 atom stereocenters. The van der Waals surface area contributed by atoms with Crippen molar-refractivity contribution < 1.29 is 9.59 Å². The summed E-state index contributed by atoms with van der Waals surface area (Å²) in [5, 5.41) is 8.22. The van der Waals surface area contributed by atoms with Gasteiger partial charge in [-0.2, -0.15) is 0 Å². The smallest absolute Gasteiger partial charge is 0.252 e. The van der Waals surface area contributed by atoms with Crippen molar-refractivity contribution in [2.24, 2.45) is 0 Å². The van der Waals surface area contributed by atoms with Crippen molar-refractivity contribution in [3.05, 3.63) is 82.9 Å². The molecule has 142 valence electrons. The Morgan fingerprint density at radius 2 is 1.79 bits per heavy atom. The van der Waals surface area contributed by atoms with E-state index in [0.717, 1.165) is 27.5 Å². The van der Waals surface area contributed by atoms with E-state index in [1.165, 1.54) is 0 Å². The first kappa shape index (κ1) is 18.2. The van der Waals surface area contributed by atoms with Crippen molar-refractivity contribution in [2.75, 3.05) is 6.54 Å². The van der Waals surface area contributed by atoms with Crippen LogP contribution in [0.4, 0.5) is 0 Å². The Morgan fingerprint density at radius 1 is 1.07 bits per heavy atom. The Hall–Kier alpha value is -3.14. The first-order valence-electron chi connectivity index (χ1n) is 9.64. The molecule has 1 saturated heterocycles. The van der Waals surface area contributed by atoms with Gasteiger partial charge in [0.25, 0.3) is 5.91 Å². The number of benzene rings is 3. The zero-order chi connectivity index (χ0) is 19.7. The number of hydrogen-bond acceptors (Lipinski definition) is 2. The largest absolute Gasteiger partial charge is 0.349 e. The van der Waals surface area contributed by atoms with Gasteiger partial charge in [0.05, 0.1) is 11.1 Å². The van der Waals surface area contributed by atoms with Crippen LogP contribution in [0.3, 0.4) is 0 Å². The summed E-state index contributed by atoms with van der Waals surface area (Å²) in [4.78, 5) is 25.2. The topological polar surface area (TPSA) is 58.2 Å². The van der Waals surface area contributed by atoms with Crippen LogP contribution in [-0.2, 0) is 10.3 Å². The molecule has 3 aromatic rings. The van der Waals surface area contributed by atoms with Crippen LogP contribution < -0.4 is 10.6 Å². The van der Waals surface area contributed by atoms with Gasteiger partial charge >= 0.3 is 0 Å². The van der Waals surface area contributed by atoms with E-state index < -0.39 is 5.54 Å². The van der Waals surface area contributed by atoms with E-state index in [4.69, 9.17) is 0 Å². The van der Waals surface area contributed by atoms with E-state index in [0.29, 0.717) is 24.9 Å². The summed E-state index contributed by atoms with van der Waals surface area (Å²) in [6, 6.07) is 20.0. The Bertz CT molecular complexity index is 1060. The highest BCUT2D eigenvalue weighted by atomic mass is 16.2. The van der Waals surface area contributed by atoms with Crippen molar-refractivity contribution in [1.82, 2.24) is 10.6 Å². The fourth-order valence-electron chi connectivity index (χ4n) is 4.13. The maximum atomic E-state index is 13.2. The van der Waals surface area contributed by atoms with Crippen LogP contribution in [0.25, 0.3) is 10.8 Å². The molecule has 0 aromatic heterocycles. The normalized spacial score (nSPS) is 18.9. The lowest BCUT2D eigenvalue weighted by Crippen LogP contribution is -2.48. The highest BCUT2D eigenvalue weighted by molar-refractivity contribution is 6.08. The van der Waals surface area contributed by atoms with Gasteiger partial charge in [0, 0.05) is 13.0 Å². The third-order valence-electron chi connectivity index (χ3n) is 5.83. The van der Waals surface area contributed by atoms with Crippen LogP contribution in [0.1, 0.15) is 39.9 Å². The maximum absolute atomic E-state index is 13.2. The first-order valence-corrected chi connectivity index (χ1v) is 9.64. The second-order valence-electron chi connectivity index (χ2n) is 7.59. The number of carbonyl (C=O) groups is 2. The third-order valence-corrected chi connectivity index (χ3v) is 5.83. The number of nitrogens with one attached hydrogen (secondary N) is 2. The molecule has 2 N–H and O–H groups in total. The van der Waals surface area contributed by atoms with E-state index in [1.807, 2.05) is 68.4 Å². The summed E-state index contributed by atoms with van der Waals surface area (Å²) < 4.78 is 0. The van der Waals surface area contributed by atoms with Gasteiger partial charge in [-0.15, -0.1) is 0 Å². The average molecular weight is 372 g/mol. The summed E-state index contributed by atoms with van der Waals surface area (Å²) in [5.41, 5.74) is 3.26. The fraction of sp³-hybridized carbons (Fsp3) is 0.250. The van der Waals surface area contributed by atoms with Gasteiger partial charge in [-0.05, 0) is 47.7 Å². The zero-order valence-electron chi connectivity index (χ0n) is 16.2. The summed E-state index contributed by atoms with van der Waals surface area (Å²) >= 11 is 0. The maximum Gasteiger partial charge on any atom is 0.252 e. The van der Waals surface area contributed by atoms with Crippen LogP contribution in [0.5, 0.6) is 0 Å². The Morgan fingerprint density at radius 3 is 2.50 bits per heavy atom. The van der Waals surface area contributed by atoms with Crippen molar-refractivity contribution >= 4 is 22.6 Å². The van der Waals surface area contributed by atoms with Gasteiger partial charge in [0.15, 0.2) is 0 Å². The Kier molecular flexibility index (Phi) is 4.63. The molecule has 4 heteroatoms. The molecule has 0 bridgehead atoms. The zero-order valence-corrected chi connectivity index (χ0v) is 16.2. The lowest BCUT2D eigenvalue weighted by Gasteiger charge is -2.30. The Balaban J connectivity index is 1.67. The van der Waals surface area contributed by atoms with Crippen LogP contribution in [-0.4, -0.2) is 18.4 Å². The van der Waals surface area contributed by atoms with Gasteiger partial charge < -0.3 is 10.6 Å². The number of rotatable bonds is 4. The molecule has 2 amide bonds. The molecule has 0 spiro atoms. The standard InChI is InChI=1S/C24H24N2O2/c1-16-14-18-8-6-7-11-20(18)22(17(16)2)23(28)25-15-24(13-12-21(27)26-24)19-9-4-3-5-10-19/h3-11,14H,12-13,15H2,1-2H3,(H,25,28)(H,26,27). The highest BCUT2D eigenvalue weighted by Crippen LogP contribution is 2.31. The number of aryl methyl sites for hydroxylation is 1. The highest BCUT2D eigenvalue weighted by Gasteiger charge is 2.39. The summed E-state index contributed by atoms with van der Waals surface area (Å²) in [5.74, 6) is -0.0795. The van der Waals surface area contributed by atoms with E-state index in [-0.39, 0.29) is 11.8 Å². The molecular formula is C24H24N2O2. The molecule has 1 unspecified atom stereocenters. The second kappa shape index (κ2) is 7.12. The second-order valence-corrected chi connectivity index (χ2v) is 7.59. The minimum absolute atomic E-state index is 0.0234. The van der Waals surface area contributed by atoms with Crippen molar-refractivity contribution in [2.45, 2.75) is 32.2 Å². The van der Waals surface area contributed by atoms with E-state index >= 15 is 0 Å². The predicted molar refractivity (Wildman–Crippen MR) is 111 cm³/mol. The monoisotopic (exact) mass is 372 g/mol. The van der Waals surface area contributed by atoms with Gasteiger partial charge in [-0.3, -0.25) is 9.59 Å². The van der Waals surface area contributed by atoms with Gasteiger partial charge in [-0.1, -0.05) is 60.7 Å². The van der Waals surface area contributed by atoms with Crippen LogP contribution in [0.2, 0.25) is 0 Å². The van der Waals surface area contributed by atoms with Crippen molar-refractivity contribution in [3.8, 4) is 0 Å². The predicted octanol–water partition coefficient (Wildman–Crippen LogP) is 3.99. The van der Waals surface area contributed by atoms with Crippen molar-refractivity contribution in [3.63, 3.8) is 0 Å². The molecule has 0 radical (unpaired) electrons. The van der Waals surface area contributed by atoms with E-state index in [2.05, 4.69) is 16.7 Å². The van der Waals surface area contributed by atoms with Gasteiger partial charge in [-0.25, -0.2) is 0 Å². The minimum atomic E-state index is -0.554. The molecule has 28 heavy (non-hydrogen) atoms. The first-order chi connectivity index (χ1) is 13.5. The summed E-state index contributed by atoms with van der Waals surface area (Å²) in [6.45, 7) is 4.38. The number of carbonyl (C=O) groups excluding carboxylic acids is 2. The van der Waals surface area contributed by atoms with Crippen LogP contribution in [0, 0.1) is 13.8 Å². The SMILES string of the molecule is Cc1cc2ccccc2c(C(=O)NCC2(c3ccccc3)CCC(=O)N2)c1C. The number of fused-ring (bicyclic) bond motifs is 1. The molecular weight excluding hydrogens is 348 g/mol. The molecule has 3 aromatic carbocycles. The molecule has 1 heterocycles. The third kappa shape index (κ3) is 3.15. The number of hydrogen-bond donors (Lipinski definition) is 2. The van der Waals surface area contributed by atoms with E-state index in [9.17, 15) is 9.59 Å².